The Kier molecular flexibility index (Phi) is 5.84. The van der Waals surface area contributed by atoms with Gasteiger partial charge in [0.15, 0.2) is 11.5 Å². The Bertz CT molecular complexity index is 800. The highest BCUT2D eigenvalue weighted by Crippen LogP contribution is 2.28. The Hall–Kier alpha value is -2.06. The van der Waals surface area contributed by atoms with E-state index in [0.29, 0.717) is 30.4 Å². The van der Waals surface area contributed by atoms with Crippen LogP contribution in [0.25, 0.3) is 0 Å². The number of nitrogens with one attached hydrogen (secondary N) is 1. The first kappa shape index (κ1) is 18.3. The molecule has 0 bridgehead atoms. The summed E-state index contributed by atoms with van der Waals surface area (Å²) in [6, 6.07) is 5.38. The van der Waals surface area contributed by atoms with E-state index in [1.165, 1.54) is 10.9 Å². The summed E-state index contributed by atoms with van der Waals surface area (Å²) in [6.45, 7) is 6.64. The summed E-state index contributed by atoms with van der Waals surface area (Å²) >= 11 is 0. The Balaban J connectivity index is 2.16. The molecular formula is C16H23N3O4S. The van der Waals surface area contributed by atoms with Crippen LogP contribution in [0.5, 0.6) is 11.5 Å². The van der Waals surface area contributed by atoms with Gasteiger partial charge in [0.2, 0.25) is 10.0 Å². The van der Waals surface area contributed by atoms with Crippen LogP contribution in [0.3, 0.4) is 0 Å². The van der Waals surface area contributed by atoms with Crippen LogP contribution in [0.2, 0.25) is 0 Å². The average Bonchev–Trinajstić information content (AvgIpc) is 2.87. The minimum absolute atomic E-state index is 0.156. The monoisotopic (exact) mass is 353 g/mol. The number of ether oxygens (including phenoxy) is 2. The zero-order chi connectivity index (χ0) is 17.7. The second kappa shape index (κ2) is 7.67. The van der Waals surface area contributed by atoms with E-state index in [9.17, 15) is 8.42 Å². The van der Waals surface area contributed by atoms with Gasteiger partial charge in [0.1, 0.15) is 4.90 Å². The van der Waals surface area contributed by atoms with Crippen molar-refractivity contribution in [1.82, 2.24) is 14.5 Å². The van der Waals surface area contributed by atoms with Crippen molar-refractivity contribution >= 4 is 10.0 Å². The molecule has 0 saturated heterocycles. The molecule has 2 rings (SSSR count). The van der Waals surface area contributed by atoms with Gasteiger partial charge in [-0.2, -0.15) is 5.10 Å². The molecule has 0 aliphatic heterocycles. The molecule has 1 heterocycles. The fourth-order valence-electron chi connectivity index (χ4n) is 2.30. The van der Waals surface area contributed by atoms with Gasteiger partial charge >= 0.3 is 0 Å². The van der Waals surface area contributed by atoms with E-state index >= 15 is 0 Å². The van der Waals surface area contributed by atoms with Crippen LogP contribution in [0.1, 0.15) is 25.1 Å². The summed E-state index contributed by atoms with van der Waals surface area (Å²) < 4.78 is 39.9. The predicted octanol–water partition coefficient (Wildman–Crippen LogP) is 2.00. The van der Waals surface area contributed by atoms with E-state index in [2.05, 4.69) is 9.82 Å². The highest BCUT2D eigenvalue weighted by Gasteiger charge is 2.19. The quantitative estimate of drug-likeness (QED) is 0.785. The highest BCUT2D eigenvalue weighted by atomic mass is 32.2. The third-order valence-electron chi connectivity index (χ3n) is 3.33. The summed E-state index contributed by atoms with van der Waals surface area (Å²) in [5.41, 5.74) is 1.25. The molecule has 0 aliphatic carbocycles. The number of hydrogen-bond donors (Lipinski definition) is 1. The second-order valence-corrected chi connectivity index (χ2v) is 6.96. The van der Waals surface area contributed by atoms with Gasteiger partial charge in [-0.25, -0.2) is 13.1 Å². The van der Waals surface area contributed by atoms with E-state index in [1.54, 1.807) is 26.1 Å². The summed E-state index contributed by atoms with van der Waals surface area (Å²) in [4.78, 5) is 0.181. The molecule has 0 radical (unpaired) electrons. The van der Waals surface area contributed by atoms with Crippen molar-refractivity contribution in [2.75, 3.05) is 13.2 Å². The third kappa shape index (κ3) is 4.27. The average molecular weight is 353 g/mol. The lowest BCUT2D eigenvalue weighted by Crippen LogP contribution is -2.23. The molecule has 0 unspecified atom stereocenters. The van der Waals surface area contributed by atoms with Crippen molar-refractivity contribution in [1.29, 1.82) is 0 Å². The molecule has 2 aromatic rings. The summed E-state index contributed by atoms with van der Waals surface area (Å²) in [7, 11) is -1.93. The maximum Gasteiger partial charge on any atom is 0.244 e. The topological polar surface area (TPSA) is 82.5 Å². The van der Waals surface area contributed by atoms with Crippen LogP contribution in [0.15, 0.2) is 29.3 Å². The molecule has 0 fully saturated rings. The fourth-order valence-corrected chi connectivity index (χ4v) is 3.54. The lowest BCUT2D eigenvalue weighted by atomic mass is 10.2. The largest absolute Gasteiger partial charge is 0.490 e. The summed E-state index contributed by atoms with van der Waals surface area (Å²) in [6.07, 6.45) is 1.49. The molecule has 0 amide bonds. The maximum absolute atomic E-state index is 12.4. The van der Waals surface area contributed by atoms with Gasteiger partial charge in [0, 0.05) is 19.8 Å². The Morgan fingerprint density at radius 3 is 2.42 bits per heavy atom. The second-order valence-electron chi connectivity index (χ2n) is 5.22. The molecule has 1 aromatic carbocycles. The first-order chi connectivity index (χ1) is 11.4. The number of aromatic nitrogens is 2. The SMILES string of the molecule is CCOc1ccc(CNS(=O)(=O)c2cn(C)nc2C)cc1OCC. The Morgan fingerprint density at radius 1 is 1.17 bits per heavy atom. The molecule has 0 spiro atoms. The molecule has 0 atom stereocenters. The van der Waals surface area contributed by atoms with Gasteiger partial charge in [-0.15, -0.1) is 0 Å². The molecule has 0 saturated carbocycles. The number of hydrogen-bond acceptors (Lipinski definition) is 5. The van der Waals surface area contributed by atoms with E-state index in [-0.39, 0.29) is 11.4 Å². The Labute approximate surface area is 142 Å². The zero-order valence-corrected chi connectivity index (χ0v) is 15.2. The summed E-state index contributed by atoms with van der Waals surface area (Å²) in [5, 5.41) is 4.06. The van der Waals surface area contributed by atoms with Crippen molar-refractivity contribution in [2.24, 2.45) is 7.05 Å². The first-order valence-corrected chi connectivity index (χ1v) is 9.24. The van der Waals surface area contributed by atoms with Crippen molar-refractivity contribution in [2.45, 2.75) is 32.2 Å². The normalized spacial score (nSPS) is 11.5. The van der Waals surface area contributed by atoms with Gasteiger partial charge in [0.05, 0.1) is 18.9 Å². The molecule has 132 valence electrons. The number of benzene rings is 1. The number of nitrogens with zero attached hydrogens (tertiary/aromatic N) is 2. The van der Waals surface area contributed by atoms with E-state index in [0.717, 1.165) is 5.56 Å². The van der Waals surface area contributed by atoms with E-state index in [1.807, 2.05) is 19.9 Å². The number of sulfonamides is 1. The van der Waals surface area contributed by atoms with Crippen LogP contribution >= 0.6 is 0 Å². The van der Waals surface area contributed by atoms with Gasteiger partial charge < -0.3 is 9.47 Å². The van der Waals surface area contributed by atoms with Crippen LogP contribution < -0.4 is 14.2 Å². The van der Waals surface area contributed by atoms with Crippen molar-refractivity contribution in [3.63, 3.8) is 0 Å². The van der Waals surface area contributed by atoms with Crippen LogP contribution in [0.4, 0.5) is 0 Å². The molecule has 8 heteroatoms. The lowest BCUT2D eigenvalue weighted by Gasteiger charge is -2.13. The van der Waals surface area contributed by atoms with Crippen LogP contribution in [-0.4, -0.2) is 31.4 Å². The molecule has 7 nitrogen and oxygen atoms in total. The molecule has 1 aromatic heterocycles. The van der Waals surface area contributed by atoms with Gasteiger partial charge in [-0.05, 0) is 38.5 Å². The van der Waals surface area contributed by atoms with E-state index < -0.39 is 10.0 Å². The smallest absolute Gasteiger partial charge is 0.244 e. The third-order valence-corrected chi connectivity index (χ3v) is 4.84. The van der Waals surface area contributed by atoms with Crippen molar-refractivity contribution in [3.8, 4) is 11.5 Å². The molecule has 1 N–H and O–H groups in total. The lowest BCUT2D eigenvalue weighted by molar-refractivity contribution is 0.287. The molecule has 24 heavy (non-hydrogen) atoms. The minimum Gasteiger partial charge on any atom is -0.490 e. The number of aryl methyl sites for hydroxylation is 2. The molecule has 0 aliphatic rings. The molecular weight excluding hydrogens is 330 g/mol. The zero-order valence-electron chi connectivity index (χ0n) is 14.4. The maximum atomic E-state index is 12.4. The van der Waals surface area contributed by atoms with Crippen molar-refractivity contribution in [3.05, 3.63) is 35.7 Å². The van der Waals surface area contributed by atoms with Crippen LogP contribution in [-0.2, 0) is 23.6 Å². The first-order valence-electron chi connectivity index (χ1n) is 7.75. The Morgan fingerprint density at radius 2 is 1.83 bits per heavy atom. The highest BCUT2D eigenvalue weighted by molar-refractivity contribution is 7.89. The van der Waals surface area contributed by atoms with E-state index in [4.69, 9.17) is 9.47 Å². The predicted molar refractivity (Wildman–Crippen MR) is 90.8 cm³/mol. The minimum atomic E-state index is -3.62. The van der Waals surface area contributed by atoms with Gasteiger partial charge in [-0.3, -0.25) is 4.68 Å². The fraction of sp³-hybridized carbons (Fsp3) is 0.438. The van der Waals surface area contributed by atoms with Gasteiger partial charge in [-0.1, -0.05) is 6.07 Å². The van der Waals surface area contributed by atoms with Gasteiger partial charge in [0.25, 0.3) is 0 Å². The van der Waals surface area contributed by atoms with Crippen molar-refractivity contribution < 1.29 is 17.9 Å². The summed E-state index contributed by atoms with van der Waals surface area (Å²) in [5.74, 6) is 1.25. The number of rotatable bonds is 8. The van der Waals surface area contributed by atoms with Crippen LogP contribution in [0, 0.1) is 6.92 Å². The standard InChI is InChI=1S/C16H23N3O4S/c1-5-22-14-8-7-13(9-15(14)23-6-2)10-17-24(20,21)16-11-19(4)18-12(16)3/h7-9,11,17H,5-6,10H2,1-4H3.